The summed E-state index contributed by atoms with van der Waals surface area (Å²) in [5, 5.41) is 10.6. The monoisotopic (exact) mass is 240 g/mol. The lowest BCUT2D eigenvalue weighted by molar-refractivity contribution is -0.380. The first kappa shape index (κ1) is 12.1. The summed E-state index contributed by atoms with van der Waals surface area (Å²) in [6, 6.07) is 0. The second-order valence-electron chi connectivity index (χ2n) is 2.54. The van der Waals surface area contributed by atoms with Crippen molar-refractivity contribution in [1.29, 1.82) is 0 Å². The van der Waals surface area contributed by atoms with E-state index in [0.717, 1.165) is 17.5 Å². The van der Waals surface area contributed by atoms with Gasteiger partial charge in [-0.05, 0) is 24.2 Å². The third-order valence-corrected chi connectivity index (χ3v) is 2.27. The van der Waals surface area contributed by atoms with Gasteiger partial charge in [0.2, 0.25) is 0 Å². The van der Waals surface area contributed by atoms with Gasteiger partial charge in [-0.1, -0.05) is 5.92 Å². The van der Waals surface area contributed by atoms with Gasteiger partial charge in [-0.15, -0.1) is 0 Å². The Labute approximate surface area is 95.4 Å². The van der Waals surface area contributed by atoms with Crippen LogP contribution in [0.3, 0.4) is 0 Å². The Hall–Kier alpha value is -1.94. The van der Waals surface area contributed by atoms with Crippen LogP contribution in [-0.4, -0.2) is 22.5 Å². The van der Waals surface area contributed by atoms with Gasteiger partial charge in [-0.3, -0.25) is 14.9 Å². The Morgan fingerprint density at radius 1 is 1.75 bits per heavy atom. The number of rotatable bonds is 3. The molecule has 0 unspecified atom stereocenters. The predicted octanol–water partition coefficient (Wildman–Crippen LogP) is 1.36. The Kier molecular flexibility index (Phi) is 4.42. The molecule has 0 saturated carbocycles. The number of nitro groups is 1. The van der Waals surface area contributed by atoms with E-state index in [9.17, 15) is 14.9 Å². The van der Waals surface area contributed by atoms with Crippen LogP contribution < -0.4 is 0 Å². The van der Waals surface area contributed by atoms with E-state index in [2.05, 4.69) is 21.6 Å². The van der Waals surface area contributed by atoms with E-state index in [1.54, 1.807) is 6.92 Å². The van der Waals surface area contributed by atoms with Crippen LogP contribution >= 0.6 is 11.3 Å². The number of ether oxygens (including phenoxy) is 1. The fraction of sp³-hybridized carbons (Fsp3) is 0.333. The number of esters is 1. The van der Waals surface area contributed by atoms with E-state index < -0.39 is 10.9 Å². The Bertz CT molecular complexity index is 458. The zero-order chi connectivity index (χ0) is 12.0. The van der Waals surface area contributed by atoms with E-state index in [1.165, 1.54) is 0 Å². The number of thiazole rings is 1. The van der Waals surface area contributed by atoms with Gasteiger partial charge >= 0.3 is 11.0 Å². The summed E-state index contributed by atoms with van der Waals surface area (Å²) in [4.78, 5) is 24.4. The first-order valence-corrected chi connectivity index (χ1v) is 5.20. The average Bonchev–Trinajstić information content (AvgIpc) is 2.67. The van der Waals surface area contributed by atoms with E-state index in [1.807, 2.05) is 0 Å². The SMILES string of the molecule is CCOC(=O)CC#Cc1ncc([N+](=O)[O-])s1. The highest BCUT2D eigenvalue weighted by Crippen LogP contribution is 2.19. The first-order chi connectivity index (χ1) is 7.63. The molecule has 6 nitrogen and oxygen atoms in total. The smallest absolute Gasteiger partial charge is 0.344 e. The second-order valence-corrected chi connectivity index (χ2v) is 3.55. The molecule has 0 amide bonds. The number of nitrogens with zero attached hydrogens (tertiary/aromatic N) is 2. The van der Waals surface area contributed by atoms with Crippen LogP contribution in [0.4, 0.5) is 5.00 Å². The molecule has 0 aliphatic heterocycles. The van der Waals surface area contributed by atoms with Gasteiger partial charge in [0, 0.05) is 0 Å². The van der Waals surface area contributed by atoms with Crippen molar-refractivity contribution in [3.63, 3.8) is 0 Å². The Balaban J connectivity index is 2.56. The van der Waals surface area contributed by atoms with Gasteiger partial charge in [-0.25, -0.2) is 4.98 Å². The molecule has 0 radical (unpaired) electrons. The predicted molar refractivity (Wildman–Crippen MR) is 56.9 cm³/mol. The molecule has 0 aliphatic rings. The normalized spacial score (nSPS) is 9.06. The van der Waals surface area contributed by atoms with Crippen molar-refractivity contribution < 1.29 is 14.5 Å². The molecule has 84 valence electrons. The summed E-state index contributed by atoms with van der Waals surface area (Å²) in [5.74, 6) is 4.68. The lowest BCUT2D eigenvalue weighted by Crippen LogP contribution is -2.01. The van der Waals surface area contributed by atoms with E-state index in [-0.39, 0.29) is 11.4 Å². The van der Waals surface area contributed by atoms with Crippen LogP contribution in [0.25, 0.3) is 0 Å². The van der Waals surface area contributed by atoms with Crippen molar-refractivity contribution in [1.82, 2.24) is 4.98 Å². The average molecular weight is 240 g/mol. The number of hydrogen-bond acceptors (Lipinski definition) is 6. The summed E-state index contributed by atoms with van der Waals surface area (Å²) in [6.45, 7) is 2.01. The second kappa shape index (κ2) is 5.82. The molecule has 0 atom stereocenters. The maximum atomic E-state index is 10.9. The molecule has 0 saturated heterocycles. The molecule has 0 bridgehead atoms. The van der Waals surface area contributed by atoms with E-state index >= 15 is 0 Å². The van der Waals surface area contributed by atoms with Crippen molar-refractivity contribution in [3.8, 4) is 11.8 Å². The van der Waals surface area contributed by atoms with Crippen molar-refractivity contribution in [3.05, 3.63) is 21.3 Å². The van der Waals surface area contributed by atoms with Gasteiger partial charge in [0.15, 0.2) is 5.01 Å². The highest BCUT2D eigenvalue weighted by Gasteiger charge is 2.09. The number of carbonyl (C=O) groups excluding carboxylic acids is 1. The topological polar surface area (TPSA) is 82.3 Å². The zero-order valence-electron chi connectivity index (χ0n) is 8.43. The molecule has 7 heteroatoms. The van der Waals surface area contributed by atoms with Crippen molar-refractivity contribution in [2.75, 3.05) is 6.61 Å². The minimum Gasteiger partial charge on any atom is -0.465 e. The molecule has 1 aromatic heterocycles. The van der Waals surface area contributed by atoms with Crippen LogP contribution in [-0.2, 0) is 9.53 Å². The molecule has 16 heavy (non-hydrogen) atoms. The fourth-order valence-corrected chi connectivity index (χ4v) is 1.42. The van der Waals surface area contributed by atoms with Crippen LogP contribution in [0.5, 0.6) is 0 Å². The van der Waals surface area contributed by atoms with E-state index in [0.29, 0.717) is 11.6 Å². The lowest BCUT2D eigenvalue weighted by Gasteiger charge is -1.94. The fourth-order valence-electron chi connectivity index (χ4n) is 0.812. The highest BCUT2D eigenvalue weighted by molar-refractivity contribution is 7.15. The molecule has 1 rings (SSSR count). The van der Waals surface area contributed by atoms with E-state index in [4.69, 9.17) is 0 Å². The number of carbonyl (C=O) groups is 1. The molecular formula is C9H8N2O4S. The minimum absolute atomic E-state index is 0.0405. The summed E-state index contributed by atoms with van der Waals surface area (Å²) >= 11 is 0.870. The van der Waals surface area contributed by atoms with Crippen LogP contribution in [0, 0.1) is 22.0 Å². The van der Waals surface area contributed by atoms with Crippen LogP contribution in [0.15, 0.2) is 6.20 Å². The summed E-state index contributed by atoms with van der Waals surface area (Å²) in [7, 11) is 0. The molecule has 0 aliphatic carbocycles. The summed E-state index contributed by atoms with van der Waals surface area (Å²) < 4.78 is 4.66. The first-order valence-electron chi connectivity index (χ1n) is 4.38. The van der Waals surface area contributed by atoms with Crippen molar-refractivity contribution >= 4 is 22.3 Å². The maximum absolute atomic E-state index is 10.9. The Morgan fingerprint density at radius 2 is 2.50 bits per heavy atom. The highest BCUT2D eigenvalue weighted by atomic mass is 32.1. The maximum Gasteiger partial charge on any atom is 0.344 e. The zero-order valence-corrected chi connectivity index (χ0v) is 9.24. The summed E-state index contributed by atoms with van der Waals surface area (Å²) in [5.41, 5.74) is 0. The van der Waals surface area contributed by atoms with Gasteiger partial charge in [0.1, 0.15) is 12.6 Å². The molecule has 0 fully saturated rings. The van der Waals surface area contributed by atoms with Gasteiger partial charge < -0.3 is 4.74 Å². The van der Waals surface area contributed by atoms with Crippen molar-refractivity contribution in [2.24, 2.45) is 0 Å². The van der Waals surface area contributed by atoms with Crippen LogP contribution in [0.1, 0.15) is 18.4 Å². The van der Waals surface area contributed by atoms with Gasteiger partial charge in [0.25, 0.3) is 0 Å². The van der Waals surface area contributed by atoms with Gasteiger partial charge in [-0.2, -0.15) is 0 Å². The minimum atomic E-state index is -0.534. The molecule has 1 heterocycles. The third-order valence-electron chi connectivity index (χ3n) is 1.41. The van der Waals surface area contributed by atoms with Gasteiger partial charge in [0.05, 0.1) is 11.5 Å². The molecular weight excluding hydrogens is 232 g/mol. The van der Waals surface area contributed by atoms with Crippen LogP contribution in [0.2, 0.25) is 0 Å². The third kappa shape index (κ3) is 3.67. The molecule has 0 spiro atoms. The molecule has 0 aromatic carbocycles. The largest absolute Gasteiger partial charge is 0.465 e. The van der Waals surface area contributed by atoms with Crippen molar-refractivity contribution in [2.45, 2.75) is 13.3 Å². The number of hydrogen-bond donors (Lipinski definition) is 0. The number of aromatic nitrogens is 1. The molecule has 1 aromatic rings. The Morgan fingerprint density at radius 3 is 3.06 bits per heavy atom. The quantitative estimate of drug-likeness (QED) is 0.345. The lowest BCUT2D eigenvalue weighted by atomic mass is 10.4. The molecule has 0 N–H and O–H groups in total. The summed E-state index contributed by atoms with van der Waals surface area (Å²) in [6.07, 6.45) is 1.10. The standard InChI is InChI=1S/C9H8N2O4S/c1-2-15-9(12)5-3-4-7-10-6-8(16-7)11(13)14/h6H,2,5H2,1H3.